The molecule has 1 N–H and O–H groups in total. The minimum absolute atomic E-state index is 0.306. The van der Waals surface area contributed by atoms with Crippen molar-refractivity contribution in [2.24, 2.45) is 0 Å². The molecule has 1 atom stereocenters. The van der Waals surface area contributed by atoms with Gasteiger partial charge in [-0.05, 0) is 51.1 Å². The van der Waals surface area contributed by atoms with Crippen molar-refractivity contribution in [3.63, 3.8) is 0 Å². The van der Waals surface area contributed by atoms with Crippen LogP contribution < -0.4 is 24.4 Å². The average molecular weight is 440 g/mol. The van der Waals surface area contributed by atoms with Crippen molar-refractivity contribution >= 4 is 17.7 Å². The molecule has 8 nitrogen and oxygen atoms in total. The maximum absolute atomic E-state index is 13.2. The van der Waals surface area contributed by atoms with Gasteiger partial charge in [-0.1, -0.05) is 12.1 Å². The van der Waals surface area contributed by atoms with Crippen LogP contribution in [0.2, 0.25) is 0 Å². The summed E-state index contributed by atoms with van der Waals surface area (Å²) in [5.74, 6) is 1.06. The van der Waals surface area contributed by atoms with Gasteiger partial charge in [0, 0.05) is 11.3 Å². The molecule has 0 spiro atoms. The SMILES string of the molecule is COc1ccc(N2C(=O)NC(c3cccc(OC)c3OC)C(C(=O)OC(C)C)=C2C)cc1. The number of rotatable bonds is 7. The van der Waals surface area contributed by atoms with Crippen molar-refractivity contribution in [3.8, 4) is 17.2 Å². The fourth-order valence-corrected chi connectivity index (χ4v) is 3.70. The van der Waals surface area contributed by atoms with Crippen LogP contribution in [0.4, 0.5) is 10.5 Å². The van der Waals surface area contributed by atoms with E-state index in [-0.39, 0.29) is 12.1 Å². The molecule has 1 aliphatic rings. The van der Waals surface area contributed by atoms with Gasteiger partial charge in [-0.25, -0.2) is 9.59 Å². The summed E-state index contributed by atoms with van der Waals surface area (Å²) in [5.41, 5.74) is 1.94. The summed E-state index contributed by atoms with van der Waals surface area (Å²) in [6.07, 6.45) is -0.331. The Morgan fingerprint density at radius 1 is 1.00 bits per heavy atom. The van der Waals surface area contributed by atoms with Gasteiger partial charge < -0.3 is 24.3 Å². The summed E-state index contributed by atoms with van der Waals surface area (Å²) in [4.78, 5) is 27.8. The molecule has 2 aromatic carbocycles. The van der Waals surface area contributed by atoms with Gasteiger partial charge in [0.1, 0.15) is 5.75 Å². The van der Waals surface area contributed by atoms with Crippen LogP contribution >= 0.6 is 0 Å². The number of para-hydroxylation sites is 1. The highest BCUT2D eigenvalue weighted by Crippen LogP contribution is 2.41. The van der Waals surface area contributed by atoms with E-state index in [1.54, 1.807) is 70.3 Å². The fraction of sp³-hybridized carbons (Fsp3) is 0.333. The van der Waals surface area contributed by atoms with Crippen LogP contribution in [0.5, 0.6) is 17.2 Å². The molecule has 0 saturated heterocycles. The van der Waals surface area contributed by atoms with E-state index in [1.807, 2.05) is 0 Å². The number of carbonyl (C=O) groups is 2. The van der Waals surface area contributed by atoms with Crippen molar-refractivity contribution in [2.45, 2.75) is 32.9 Å². The lowest BCUT2D eigenvalue weighted by molar-refractivity contribution is -0.143. The molecule has 1 unspecified atom stereocenters. The van der Waals surface area contributed by atoms with Crippen LogP contribution in [0.15, 0.2) is 53.7 Å². The number of carbonyl (C=O) groups excluding carboxylic acids is 2. The fourth-order valence-electron chi connectivity index (χ4n) is 3.70. The second kappa shape index (κ2) is 9.64. The molecule has 1 aliphatic heterocycles. The van der Waals surface area contributed by atoms with Crippen molar-refractivity contribution in [2.75, 3.05) is 26.2 Å². The van der Waals surface area contributed by atoms with Crippen LogP contribution in [0.3, 0.4) is 0 Å². The minimum atomic E-state index is -0.784. The van der Waals surface area contributed by atoms with E-state index in [2.05, 4.69) is 5.32 Å². The number of esters is 1. The number of amides is 2. The highest BCUT2D eigenvalue weighted by molar-refractivity contribution is 6.03. The number of benzene rings is 2. The third kappa shape index (κ3) is 4.34. The third-order valence-electron chi connectivity index (χ3n) is 5.12. The van der Waals surface area contributed by atoms with Crippen LogP contribution in [0, 0.1) is 0 Å². The maximum Gasteiger partial charge on any atom is 0.338 e. The largest absolute Gasteiger partial charge is 0.497 e. The molecular formula is C24H28N2O6. The van der Waals surface area contributed by atoms with E-state index < -0.39 is 12.0 Å². The number of anilines is 1. The molecule has 170 valence electrons. The highest BCUT2D eigenvalue weighted by atomic mass is 16.5. The smallest absolute Gasteiger partial charge is 0.338 e. The Hall–Kier alpha value is -3.68. The number of hydrogen-bond donors (Lipinski definition) is 1. The van der Waals surface area contributed by atoms with Gasteiger partial charge in [-0.3, -0.25) is 4.90 Å². The third-order valence-corrected chi connectivity index (χ3v) is 5.12. The molecule has 8 heteroatoms. The number of nitrogens with zero attached hydrogens (tertiary/aromatic N) is 1. The second-order valence-corrected chi connectivity index (χ2v) is 7.45. The molecule has 0 aromatic heterocycles. The molecule has 1 heterocycles. The summed E-state index contributed by atoms with van der Waals surface area (Å²) in [7, 11) is 4.61. The normalized spacial score (nSPS) is 16.0. The molecule has 0 aliphatic carbocycles. The summed E-state index contributed by atoms with van der Waals surface area (Å²) >= 11 is 0. The number of allylic oxidation sites excluding steroid dienone is 1. The molecule has 0 fully saturated rings. The van der Waals surface area contributed by atoms with Crippen molar-refractivity contribution in [3.05, 3.63) is 59.3 Å². The molecule has 0 bridgehead atoms. The van der Waals surface area contributed by atoms with Gasteiger partial charge in [-0.15, -0.1) is 0 Å². The Kier molecular flexibility index (Phi) is 6.92. The predicted octanol–water partition coefficient (Wildman–Crippen LogP) is 4.21. The number of urea groups is 1. The molecule has 2 amide bonds. The molecule has 2 aromatic rings. The zero-order chi connectivity index (χ0) is 23.4. The Bertz CT molecular complexity index is 1030. The van der Waals surface area contributed by atoms with Crippen LogP contribution in [0.1, 0.15) is 32.4 Å². The first-order valence-electron chi connectivity index (χ1n) is 10.2. The number of hydrogen-bond acceptors (Lipinski definition) is 6. The first-order chi connectivity index (χ1) is 15.3. The zero-order valence-corrected chi connectivity index (χ0v) is 19.1. The summed E-state index contributed by atoms with van der Waals surface area (Å²) < 4.78 is 21.7. The Balaban J connectivity index is 2.18. The number of methoxy groups -OCH3 is 3. The van der Waals surface area contributed by atoms with E-state index in [0.717, 1.165) is 0 Å². The van der Waals surface area contributed by atoms with Gasteiger partial charge in [0.2, 0.25) is 0 Å². The van der Waals surface area contributed by atoms with E-state index >= 15 is 0 Å². The quantitative estimate of drug-likeness (QED) is 0.649. The first-order valence-corrected chi connectivity index (χ1v) is 10.2. The van der Waals surface area contributed by atoms with Gasteiger partial charge >= 0.3 is 12.0 Å². The van der Waals surface area contributed by atoms with Crippen molar-refractivity contribution in [1.29, 1.82) is 0 Å². The molecule has 0 saturated carbocycles. The van der Waals surface area contributed by atoms with E-state index in [1.165, 1.54) is 19.1 Å². The summed E-state index contributed by atoms with van der Waals surface area (Å²) in [5, 5.41) is 2.93. The van der Waals surface area contributed by atoms with E-state index in [4.69, 9.17) is 18.9 Å². The van der Waals surface area contributed by atoms with Crippen LogP contribution in [0.25, 0.3) is 0 Å². The monoisotopic (exact) mass is 440 g/mol. The Morgan fingerprint density at radius 3 is 2.25 bits per heavy atom. The van der Waals surface area contributed by atoms with Crippen molar-refractivity contribution < 1.29 is 28.5 Å². The van der Waals surface area contributed by atoms with Crippen LogP contribution in [-0.4, -0.2) is 39.4 Å². The van der Waals surface area contributed by atoms with Gasteiger partial charge in [-0.2, -0.15) is 0 Å². The second-order valence-electron chi connectivity index (χ2n) is 7.45. The lowest BCUT2D eigenvalue weighted by Crippen LogP contribution is -2.48. The standard InChI is InChI=1S/C24H28N2O6/c1-14(2)32-23(27)20-15(3)26(16-10-12-17(29-4)13-11-16)24(28)25-21(20)18-8-7-9-19(30-5)22(18)31-6/h7-14,21H,1-6H3,(H,25,28). The predicted molar refractivity (Wildman–Crippen MR) is 120 cm³/mol. The molecular weight excluding hydrogens is 412 g/mol. The maximum atomic E-state index is 13.2. The van der Waals surface area contributed by atoms with Crippen LogP contribution in [-0.2, 0) is 9.53 Å². The van der Waals surface area contributed by atoms with E-state index in [0.29, 0.717) is 39.8 Å². The van der Waals surface area contributed by atoms with E-state index in [9.17, 15) is 9.59 Å². The topological polar surface area (TPSA) is 86.3 Å². The zero-order valence-electron chi connectivity index (χ0n) is 19.1. The van der Waals surface area contributed by atoms with Crippen molar-refractivity contribution in [1.82, 2.24) is 5.32 Å². The first kappa shape index (κ1) is 23.0. The van der Waals surface area contributed by atoms with Gasteiger partial charge in [0.15, 0.2) is 11.5 Å². The average Bonchev–Trinajstić information content (AvgIpc) is 2.77. The molecule has 0 radical (unpaired) electrons. The summed E-state index contributed by atoms with van der Waals surface area (Å²) in [6.45, 7) is 5.27. The lowest BCUT2D eigenvalue weighted by atomic mass is 9.93. The van der Waals surface area contributed by atoms with Gasteiger partial charge in [0.05, 0.1) is 44.7 Å². The highest BCUT2D eigenvalue weighted by Gasteiger charge is 2.39. The number of ether oxygens (including phenoxy) is 4. The number of nitrogens with one attached hydrogen (secondary N) is 1. The minimum Gasteiger partial charge on any atom is -0.497 e. The lowest BCUT2D eigenvalue weighted by Gasteiger charge is -2.36. The summed E-state index contributed by atoms with van der Waals surface area (Å²) in [6, 6.07) is 11.1. The molecule has 32 heavy (non-hydrogen) atoms. The Morgan fingerprint density at radius 2 is 1.69 bits per heavy atom. The van der Waals surface area contributed by atoms with Gasteiger partial charge in [0.25, 0.3) is 0 Å². The Labute approximate surface area is 187 Å². The molecule has 3 rings (SSSR count).